The van der Waals surface area contributed by atoms with Crippen molar-refractivity contribution >= 4 is 72.5 Å². The van der Waals surface area contributed by atoms with E-state index in [0.29, 0.717) is 18.7 Å². The quantitative estimate of drug-likeness (QED) is 0.102. The Morgan fingerprint density at radius 3 is 1.67 bits per heavy atom. The standard InChI is InChI=1S/C22H17N.C21H15N.C8H13N.C7H9N.C6H7NO.C5H7NO.C5H5N.C4H5N/c1-4-10-17(11-5-1)20-16-21(18-12-6-2-7-13-18)23-22(20)19-14-8-3-9-15-19;22-12-14-10-11-19-17-8-2-5-13-4-1-7-16(20(13)17)18-9-3-6-15(14)21(18)19;1-2-3-6-9-7-4-5-8-9;1-2-7-5-3-4-6-8-7;1-5-3-2-4-7-6(5)8;1-4-5(7)2-3-6-4;1-2-4-6-5-3-1;1-2-4-5-3-1/h1-15H,16H2;1-11H,12,22H2;4-5,7-8H,2-3,6H2,1H3;3-6H,2H2,1H3;2-4H,1H3,(H,7,8);3,7H,2H2,1H3;1-5H;1,3-4H,2H2. The fraction of sp³-hybridized carbons (Fsp3) is 0.154. The van der Waals surface area contributed by atoms with Gasteiger partial charge in [0, 0.05) is 105 Å². The molecule has 442 valence electrons. The molecule has 0 amide bonds. The Kier molecular flexibility index (Phi) is 24.9. The van der Waals surface area contributed by atoms with Crippen LogP contribution in [0, 0.1) is 6.92 Å². The lowest BCUT2D eigenvalue weighted by Crippen LogP contribution is -2.06. The lowest BCUT2D eigenvalue weighted by atomic mass is 9.88. The topological polar surface area (TPSA) is 147 Å². The molecule has 88 heavy (non-hydrogen) atoms. The van der Waals surface area contributed by atoms with Crippen LogP contribution in [0.3, 0.4) is 0 Å². The molecule has 0 saturated heterocycles. The third kappa shape index (κ3) is 18.3. The number of unbranched alkanes of at least 4 members (excludes halogenated alkanes) is 1. The van der Waals surface area contributed by atoms with Crippen LogP contribution in [-0.2, 0) is 19.5 Å². The molecule has 0 unspecified atom stereocenters. The van der Waals surface area contributed by atoms with Crippen molar-refractivity contribution in [2.45, 2.75) is 79.3 Å². The number of aromatic nitrogens is 4. The number of rotatable bonds is 8. The summed E-state index contributed by atoms with van der Waals surface area (Å²) in [5.74, 6) is 0.403. The van der Waals surface area contributed by atoms with Crippen molar-refractivity contribution in [2.75, 3.05) is 0 Å². The van der Waals surface area contributed by atoms with Gasteiger partial charge in [0.2, 0.25) is 0 Å². The maximum absolute atomic E-state index is 10.6. The van der Waals surface area contributed by atoms with Gasteiger partial charge >= 0.3 is 0 Å². The third-order valence-electron chi connectivity index (χ3n) is 14.6. The van der Waals surface area contributed by atoms with Crippen LogP contribution in [-0.4, -0.2) is 42.8 Å². The average molecular weight is 1160 g/mol. The molecule has 3 aliphatic heterocycles. The first-order valence-corrected chi connectivity index (χ1v) is 30.1. The summed E-state index contributed by atoms with van der Waals surface area (Å²) in [6.07, 6.45) is 24.7. The molecular formula is C78H78N8O2. The maximum atomic E-state index is 10.6. The van der Waals surface area contributed by atoms with E-state index in [1.54, 1.807) is 57.0 Å². The highest BCUT2D eigenvalue weighted by molar-refractivity contribution is 6.33. The van der Waals surface area contributed by atoms with Crippen molar-refractivity contribution in [2.24, 2.45) is 20.7 Å². The summed E-state index contributed by atoms with van der Waals surface area (Å²) in [6.45, 7) is 9.62. The number of hydrogen-bond donors (Lipinski definition) is 3. The number of aromatic amines is 1. The van der Waals surface area contributed by atoms with Gasteiger partial charge in [-0.25, -0.2) is 0 Å². The Hall–Kier alpha value is -10.4. The number of nitrogens with two attached hydrogens (primary N) is 1. The van der Waals surface area contributed by atoms with Gasteiger partial charge in [0.1, 0.15) is 5.76 Å². The van der Waals surface area contributed by atoms with Crippen LogP contribution >= 0.6 is 0 Å². The predicted octanol–water partition coefficient (Wildman–Crippen LogP) is 18.6. The Morgan fingerprint density at radius 2 is 1.19 bits per heavy atom. The summed E-state index contributed by atoms with van der Waals surface area (Å²) in [5, 5.41) is 19.4. The van der Waals surface area contributed by atoms with E-state index in [-0.39, 0.29) is 5.56 Å². The van der Waals surface area contributed by atoms with Gasteiger partial charge in [-0.1, -0.05) is 202 Å². The second-order valence-corrected chi connectivity index (χ2v) is 20.7. The number of aliphatic hydroxyl groups is 1. The van der Waals surface area contributed by atoms with E-state index in [4.69, 9.17) is 15.8 Å². The average Bonchev–Trinajstić information content (AvgIpc) is 1.00. The fourth-order valence-electron chi connectivity index (χ4n) is 9.97. The van der Waals surface area contributed by atoms with E-state index in [1.165, 1.54) is 90.3 Å². The summed E-state index contributed by atoms with van der Waals surface area (Å²) < 4.78 is 2.21. The molecule has 7 heterocycles. The van der Waals surface area contributed by atoms with E-state index >= 15 is 0 Å². The van der Waals surface area contributed by atoms with E-state index in [9.17, 15) is 4.79 Å². The number of nitrogens with zero attached hydrogens (tertiary/aromatic N) is 6. The van der Waals surface area contributed by atoms with Gasteiger partial charge in [-0.3, -0.25) is 29.7 Å². The van der Waals surface area contributed by atoms with E-state index < -0.39 is 0 Å². The number of hydrogen-bond acceptors (Lipinski definition) is 8. The van der Waals surface area contributed by atoms with Crippen molar-refractivity contribution in [1.82, 2.24) is 19.5 Å². The van der Waals surface area contributed by atoms with Gasteiger partial charge < -0.3 is 20.4 Å². The smallest absolute Gasteiger partial charge is 0.250 e. The number of fused-ring (bicyclic) bond motifs is 2. The number of benzene rings is 8. The second kappa shape index (κ2) is 34.5. The molecule has 0 saturated carbocycles. The zero-order valence-electron chi connectivity index (χ0n) is 50.8. The SMILES string of the molecule is C1=CN=CC1.CC1=C(O)CC=N1.CCCCn1cccc1.CCc1ccccn1.Cc1ccc[nH]c1=O.NCc1ccc2c3cccc4cccc(c5cccc1c52)c43.c1ccc(C2=NC(c3ccccc3)=C(c3ccccc3)C2)cc1.c1ccncc1. The Morgan fingerprint density at radius 1 is 0.591 bits per heavy atom. The highest BCUT2D eigenvalue weighted by atomic mass is 16.3. The number of aryl methyl sites for hydroxylation is 3. The van der Waals surface area contributed by atoms with Gasteiger partial charge in [-0.2, -0.15) is 0 Å². The highest BCUT2D eigenvalue weighted by Crippen LogP contribution is 2.41. The number of pyridine rings is 3. The van der Waals surface area contributed by atoms with Crippen molar-refractivity contribution in [3.63, 3.8) is 0 Å². The number of aliphatic imine (C=N–C) groups is 3. The minimum Gasteiger partial charge on any atom is -0.510 e. The number of nitrogens with one attached hydrogen (secondary N) is 1. The van der Waals surface area contributed by atoms with Crippen LogP contribution in [0.5, 0.6) is 0 Å². The number of H-pyrrole nitrogens is 1. The Bertz CT molecular complexity index is 4180. The molecule has 4 N–H and O–H groups in total. The first-order valence-electron chi connectivity index (χ1n) is 30.1. The molecule has 0 radical (unpaired) electrons. The molecule has 0 atom stereocenters. The summed E-state index contributed by atoms with van der Waals surface area (Å²) >= 11 is 0. The molecule has 10 nitrogen and oxygen atoms in total. The maximum Gasteiger partial charge on any atom is 0.250 e. The second-order valence-electron chi connectivity index (χ2n) is 20.7. The van der Waals surface area contributed by atoms with Crippen molar-refractivity contribution in [1.29, 1.82) is 0 Å². The molecule has 0 aliphatic carbocycles. The van der Waals surface area contributed by atoms with E-state index in [0.717, 1.165) is 47.6 Å². The van der Waals surface area contributed by atoms with E-state index in [1.807, 2.05) is 67.0 Å². The molecule has 12 aromatic rings. The van der Waals surface area contributed by atoms with Crippen LogP contribution in [0.1, 0.15) is 86.4 Å². The fourth-order valence-corrected chi connectivity index (χ4v) is 9.97. The molecule has 0 bridgehead atoms. The van der Waals surface area contributed by atoms with Crippen LogP contribution in [0.4, 0.5) is 0 Å². The summed E-state index contributed by atoms with van der Waals surface area (Å²) in [4.78, 5) is 33.6. The lowest BCUT2D eigenvalue weighted by molar-refractivity contribution is 0.402. The number of aliphatic hydroxyl groups excluding tert-OH is 1. The van der Waals surface area contributed by atoms with Crippen molar-refractivity contribution in [3.05, 3.63) is 323 Å². The first-order chi connectivity index (χ1) is 43.3. The minimum atomic E-state index is -0.00694. The van der Waals surface area contributed by atoms with E-state index in [2.05, 4.69) is 213 Å². The molecule has 15 rings (SSSR count). The molecule has 3 aliphatic rings. The summed E-state index contributed by atoms with van der Waals surface area (Å²) in [6, 6.07) is 75.0. The Balaban J connectivity index is 0.000000140. The van der Waals surface area contributed by atoms with Crippen LogP contribution in [0.15, 0.2) is 299 Å². The Labute approximate surface area is 517 Å². The molecule has 10 heteroatoms. The summed E-state index contributed by atoms with van der Waals surface area (Å²) in [7, 11) is 0. The molecule has 0 fully saturated rings. The third-order valence-corrected chi connectivity index (χ3v) is 14.6. The minimum absolute atomic E-state index is 0.00694. The predicted molar refractivity (Wildman–Crippen MR) is 373 cm³/mol. The van der Waals surface area contributed by atoms with Gasteiger partial charge in [0.15, 0.2) is 0 Å². The summed E-state index contributed by atoms with van der Waals surface area (Å²) in [5.41, 5.74) is 17.0. The first kappa shape index (κ1) is 63.6. The van der Waals surface area contributed by atoms with Crippen LogP contribution in [0.2, 0.25) is 0 Å². The van der Waals surface area contributed by atoms with Crippen LogP contribution in [0.25, 0.3) is 54.4 Å². The number of allylic oxidation sites excluding steroid dienone is 4. The molecule has 4 aromatic heterocycles. The normalized spacial score (nSPS) is 12.4. The molecular weight excluding hydrogens is 1080 g/mol. The van der Waals surface area contributed by atoms with Crippen molar-refractivity contribution in [3.8, 4) is 0 Å². The monoisotopic (exact) mass is 1160 g/mol. The van der Waals surface area contributed by atoms with Crippen molar-refractivity contribution < 1.29 is 5.11 Å². The zero-order valence-corrected chi connectivity index (χ0v) is 50.8. The van der Waals surface area contributed by atoms with Crippen LogP contribution < -0.4 is 11.3 Å². The largest absolute Gasteiger partial charge is 0.510 e. The lowest BCUT2D eigenvalue weighted by Gasteiger charge is -2.15. The van der Waals surface area contributed by atoms with Gasteiger partial charge in [-0.15, -0.1) is 0 Å². The van der Waals surface area contributed by atoms with Gasteiger partial charge in [0.05, 0.1) is 17.1 Å². The molecule has 8 aromatic carbocycles. The highest BCUT2D eigenvalue weighted by Gasteiger charge is 2.21. The molecule has 0 spiro atoms. The van der Waals surface area contributed by atoms with Gasteiger partial charge in [0.25, 0.3) is 5.56 Å². The van der Waals surface area contributed by atoms with Gasteiger partial charge in [-0.05, 0) is 135 Å². The zero-order chi connectivity index (χ0) is 61.6.